The van der Waals surface area contributed by atoms with Crippen molar-refractivity contribution in [3.05, 3.63) is 52.5 Å². The molecule has 0 aliphatic rings. The van der Waals surface area contributed by atoms with Gasteiger partial charge in [-0.2, -0.15) is 0 Å². The Balaban J connectivity index is 2.37. The first kappa shape index (κ1) is 15.2. The maximum absolute atomic E-state index is 11.3. The molecular formula is C16H17ClN2O2. The molecule has 2 rings (SSSR count). The summed E-state index contributed by atoms with van der Waals surface area (Å²) in [5, 5.41) is 12.6. The zero-order valence-electron chi connectivity index (χ0n) is 11.9. The van der Waals surface area contributed by atoms with Crippen molar-refractivity contribution in [3.8, 4) is 0 Å². The van der Waals surface area contributed by atoms with Gasteiger partial charge in [-0.3, -0.25) is 0 Å². The van der Waals surface area contributed by atoms with Gasteiger partial charge in [-0.25, -0.2) is 4.79 Å². The van der Waals surface area contributed by atoms with E-state index >= 15 is 0 Å². The van der Waals surface area contributed by atoms with Crippen molar-refractivity contribution in [2.75, 3.05) is 11.1 Å². The molecule has 110 valence electrons. The van der Waals surface area contributed by atoms with Crippen LogP contribution in [0.4, 0.5) is 17.1 Å². The lowest BCUT2D eigenvalue weighted by atomic mass is 10.0. The van der Waals surface area contributed by atoms with Gasteiger partial charge in [0.2, 0.25) is 0 Å². The van der Waals surface area contributed by atoms with E-state index in [0.29, 0.717) is 17.3 Å². The molecule has 2 aromatic carbocycles. The van der Waals surface area contributed by atoms with Crippen LogP contribution in [0.3, 0.4) is 0 Å². The van der Waals surface area contributed by atoms with Crippen LogP contribution in [0.5, 0.6) is 0 Å². The highest BCUT2D eigenvalue weighted by molar-refractivity contribution is 6.34. The zero-order valence-corrected chi connectivity index (χ0v) is 12.6. The van der Waals surface area contributed by atoms with E-state index in [1.807, 2.05) is 24.3 Å². The predicted molar refractivity (Wildman–Crippen MR) is 86.6 cm³/mol. The molecule has 0 saturated heterocycles. The molecule has 0 spiro atoms. The molecule has 0 heterocycles. The van der Waals surface area contributed by atoms with Gasteiger partial charge in [0, 0.05) is 11.4 Å². The Kier molecular flexibility index (Phi) is 4.38. The van der Waals surface area contributed by atoms with Crippen molar-refractivity contribution in [1.82, 2.24) is 0 Å². The Hall–Kier alpha value is -2.20. The molecule has 0 aliphatic heterocycles. The number of benzene rings is 2. The van der Waals surface area contributed by atoms with Gasteiger partial charge < -0.3 is 16.2 Å². The van der Waals surface area contributed by atoms with Crippen molar-refractivity contribution in [1.29, 1.82) is 0 Å². The van der Waals surface area contributed by atoms with Gasteiger partial charge in [0.05, 0.1) is 16.3 Å². The highest BCUT2D eigenvalue weighted by atomic mass is 35.5. The molecule has 21 heavy (non-hydrogen) atoms. The number of nitrogens with one attached hydrogen (secondary N) is 1. The van der Waals surface area contributed by atoms with Crippen LogP contribution in [0, 0.1) is 0 Å². The Morgan fingerprint density at radius 1 is 1.24 bits per heavy atom. The number of hydrogen-bond acceptors (Lipinski definition) is 3. The van der Waals surface area contributed by atoms with E-state index in [9.17, 15) is 9.90 Å². The third-order valence-electron chi connectivity index (χ3n) is 3.19. The van der Waals surface area contributed by atoms with Crippen molar-refractivity contribution in [2.24, 2.45) is 0 Å². The normalized spacial score (nSPS) is 10.7. The van der Waals surface area contributed by atoms with E-state index in [0.717, 1.165) is 5.69 Å². The molecule has 5 heteroatoms. The molecule has 4 N–H and O–H groups in total. The van der Waals surface area contributed by atoms with Crippen molar-refractivity contribution < 1.29 is 9.90 Å². The largest absolute Gasteiger partial charge is 0.478 e. The fourth-order valence-electron chi connectivity index (χ4n) is 2.02. The van der Waals surface area contributed by atoms with Crippen LogP contribution in [0.15, 0.2) is 36.4 Å². The number of carboxylic acids is 1. The molecule has 0 fully saturated rings. The first-order valence-corrected chi connectivity index (χ1v) is 6.95. The first-order valence-electron chi connectivity index (χ1n) is 6.57. The maximum Gasteiger partial charge on any atom is 0.337 e. The highest BCUT2D eigenvalue weighted by Crippen LogP contribution is 2.32. The number of anilines is 3. The Morgan fingerprint density at radius 3 is 2.38 bits per heavy atom. The predicted octanol–water partition coefficient (Wildman–Crippen LogP) is 4.49. The summed E-state index contributed by atoms with van der Waals surface area (Å²) in [6.45, 7) is 4.23. The lowest BCUT2D eigenvalue weighted by Gasteiger charge is -2.13. The van der Waals surface area contributed by atoms with Crippen molar-refractivity contribution >= 4 is 34.6 Å². The Morgan fingerprint density at radius 2 is 1.86 bits per heavy atom. The lowest BCUT2D eigenvalue weighted by molar-refractivity contribution is 0.0698. The van der Waals surface area contributed by atoms with Crippen LogP contribution < -0.4 is 11.1 Å². The quantitative estimate of drug-likeness (QED) is 0.728. The summed E-state index contributed by atoms with van der Waals surface area (Å²) < 4.78 is 0. The number of nitrogens with two attached hydrogens (primary N) is 1. The molecule has 0 aliphatic carbocycles. The summed E-state index contributed by atoms with van der Waals surface area (Å²) in [4.78, 5) is 11.3. The summed E-state index contributed by atoms with van der Waals surface area (Å²) in [5.41, 5.74) is 8.33. The van der Waals surface area contributed by atoms with Crippen LogP contribution >= 0.6 is 11.6 Å². The second-order valence-electron chi connectivity index (χ2n) is 5.13. The molecule has 0 atom stereocenters. The van der Waals surface area contributed by atoms with E-state index in [2.05, 4.69) is 19.2 Å². The average molecular weight is 305 g/mol. The van der Waals surface area contributed by atoms with E-state index in [4.69, 9.17) is 17.3 Å². The smallest absolute Gasteiger partial charge is 0.337 e. The Bertz CT molecular complexity index is 667. The van der Waals surface area contributed by atoms with E-state index in [1.54, 1.807) is 0 Å². The number of hydrogen-bond donors (Lipinski definition) is 3. The van der Waals surface area contributed by atoms with Gasteiger partial charge >= 0.3 is 5.97 Å². The summed E-state index contributed by atoms with van der Waals surface area (Å²) in [5.74, 6) is -0.640. The average Bonchev–Trinajstić information content (AvgIpc) is 2.41. The lowest BCUT2D eigenvalue weighted by Crippen LogP contribution is -2.05. The first-order chi connectivity index (χ1) is 9.88. The van der Waals surface area contributed by atoms with Crippen LogP contribution in [0.1, 0.15) is 35.7 Å². The monoisotopic (exact) mass is 304 g/mol. The molecular weight excluding hydrogens is 288 g/mol. The molecule has 4 nitrogen and oxygen atoms in total. The van der Waals surface area contributed by atoms with Gasteiger partial charge in [-0.1, -0.05) is 37.6 Å². The minimum atomic E-state index is -1.08. The number of aromatic carboxylic acids is 1. The zero-order chi connectivity index (χ0) is 15.6. The van der Waals surface area contributed by atoms with Crippen LogP contribution in [-0.4, -0.2) is 11.1 Å². The number of carboxylic acid groups (broad SMARTS) is 1. The molecule has 0 radical (unpaired) electrons. The third kappa shape index (κ3) is 3.47. The highest BCUT2D eigenvalue weighted by Gasteiger charge is 2.15. The van der Waals surface area contributed by atoms with Gasteiger partial charge in [-0.15, -0.1) is 0 Å². The fraction of sp³-hybridized carbons (Fsp3) is 0.188. The van der Waals surface area contributed by atoms with Gasteiger partial charge in [0.25, 0.3) is 0 Å². The van der Waals surface area contributed by atoms with Gasteiger partial charge in [0.15, 0.2) is 0 Å². The molecule has 0 unspecified atom stereocenters. The van der Waals surface area contributed by atoms with E-state index < -0.39 is 5.97 Å². The van der Waals surface area contributed by atoms with Crippen LogP contribution in [0.25, 0.3) is 0 Å². The van der Waals surface area contributed by atoms with Gasteiger partial charge in [0.1, 0.15) is 0 Å². The summed E-state index contributed by atoms with van der Waals surface area (Å²) in [6.07, 6.45) is 0. The summed E-state index contributed by atoms with van der Waals surface area (Å²) >= 11 is 6.10. The maximum atomic E-state index is 11.3. The van der Waals surface area contributed by atoms with Gasteiger partial charge in [-0.05, 0) is 35.7 Å². The fourth-order valence-corrected chi connectivity index (χ4v) is 2.29. The number of carbonyl (C=O) groups is 1. The van der Waals surface area contributed by atoms with Crippen LogP contribution in [0.2, 0.25) is 5.02 Å². The standard InChI is InChI=1S/C16H17ClN2O2/c1-9(2)10-3-5-12(6-4-10)19-15-13(16(20)21)7-11(18)8-14(15)17/h3-9,19H,18H2,1-2H3,(H,20,21). The number of nitrogen functional groups attached to an aromatic ring is 1. The molecule has 0 saturated carbocycles. The number of halogens is 1. The molecule has 0 amide bonds. The SMILES string of the molecule is CC(C)c1ccc(Nc2c(Cl)cc(N)cc2C(=O)O)cc1. The second kappa shape index (κ2) is 6.06. The minimum Gasteiger partial charge on any atom is -0.478 e. The summed E-state index contributed by atoms with van der Waals surface area (Å²) in [6, 6.07) is 10.7. The number of rotatable bonds is 4. The Labute approximate surface area is 128 Å². The molecule has 0 aromatic heterocycles. The van der Waals surface area contributed by atoms with E-state index in [-0.39, 0.29) is 10.6 Å². The minimum absolute atomic E-state index is 0.0490. The van der Waals surface area contributed by atoms with Crippen molar-refractivity contribution in [2.45, 2.75) is 19.8 Å². The molecule has 0 bridgehead atoms. The van der Waals surface area contributed by atoms with Crippen LogP contribution in [-0.2, 0) is 0 Å². The van der Waals surface area contributed by atoms with E-state index in [1.165, 1.54) is 17.7 Å². The second-order valence-corrected chi connectivity index (χ2v) is 5.54. The third-order valence-corrected chi connectivity index (χ3v) is 3.49. The topological polar surface area (TPSA) is 75.3 Å². The molecule has 2 aromatic rings. The summed E-state index contributed by atoms with van der Waals surface area (Å²) in [7, 11) is 0. The van der Waals surface area contributed by atoms with Crippen molar-refractivity contribution in [3.63, 3.8) is 0 Å².